The van der Waals surface area contributed by atoms with E-state index in [0.717, 1.165) is 0 Å². The summed E-state index contributed by atoms with van der Waals surface area (Å²) in [6.07, 6.45) is -1.10. The lowest BCUT2D eigenvalue weighted by Gasteiger charge is -2.32. The normalized spacial score (nSPS) is 15.0. The summed E-state index contributed by atoms with van der Waals surface area (Å²) in [5.74, 6) is 0. The molecular weight excluding hydrogens is 168 g/mol. The van der Waals surface area contributed by atoms with Gasteiger partial charge in [0.1, 0.15) is 6.10 Å². The van der Waals surface area contributed by atoms with Crippen molar-refractivity contribution in [3.05, 3.63) is 0 Å². The molecular formula is C10H22O3. The van der Waals surface area contributed by atoms with E-state index in [0.29, 0.717) is 13.2 Å². The number of hydrogen-bond donors (Lipinski definition) is 1. The molecule has 0 aromatic heterocycles. The minimum atomic E-state index is -0.590. The molecule has 0 amide bonds. The van der Waals surface area contributed by atoms with Crippen LogP contribution in [0.25, 0.3) is 0 Å². The minimum absolute atomic E-state index is 0.213. The number of aliphatic hydroxyl groups is 1. The molecule has 0 rings (SSSR count). The molecule has 0 aromatic carbocycles. The lowest BCUT2D eigenvalue weighted by Crippen LogP contribution is -2.41. The number of hydrogen-bond acceptors (Lipinski definition) is 3. The van der Waals surface area contributed by atoms with Gasteiger partial charge in [0.25, 0.3) is 0 Å². The van der Waals surface area contributed by atoms with Crippen LogP contribution in [-0.4, -0.2) is 30.7 Å². The van der Waals surface area contributed by atoms with Crippen LogP contribution in [0.5, 0.6) is 0 Å². The molecule has 13 heavy (non-hydrogen) atoms. The summed E-state index contributed by atoms with van der Waals surface area (Å²) in [5, 5.41) is 9.86. The van der Waals surface area contributed by atoms with Gasteiger partial charge in [-0.05, 0) is 19.3 Å². The van der Waals surface area contributed by atoms with E-state index in [1.807, 2.05) is 34.6 Å². The molecule has 0 fully saturated rings. The second kappa shape index (κ2) is 5.58. The first-order chi connectivity index (χ1) is 5.93. The molecule has 1 N–H and O–H groups in total. The standard InChI is InChI=1S/C10H22O3/c1-6-12-9(13-7-2)8(11)10(3,4)5/h8-9,11H,6-7H2,1-5H3. The van der Waals surface area contributed by atoms with Crippen LogP contribution in [-0.2, 0) is 9.47 Å². The van der Waals surface area contributed by atoms with Gasteiger partial charge >= 0.3 is 0 Å². The zero-order valence-corrected chi connectivity index (χ0v) is 9.33. The summed E-state index contributed by atoms with van der Waals surface area (Å²) < 4.78 is 10.6. The Kier molecular flexibility index (Phi) is 5.53. The number of aliphatic hydroxyl groups excluding tert-OH is 1. The van der Waals surface area contributed by atoms with E-state index < -0.39 is 12.4 Å². The van der Waals surface area contributed by atoms with Gasteiger partial charge in [-0.3, -0.25) is 0 Å². The Balaban J connectivity index is 4.18. The predicted octanol–water partition coefficient (Wildman–Crippen LogP) is 1.79. The van der Waals surface area contributed by atoms with E-state index in [4.69, 9.17) is 9.47 Å². The third-order valence-electron chi connectivity index (χ3n) is 1.81. The zero-order valence-electron chi connectivity index (χ0n) is 9.33. The summed E-state index contributed by atoms with van der Waals surface area (Å²) in [6, 6.07) is 0. The maximum Gasteiger partial charge on any atom is 0.183 e. The highest BCUT2D eigenvalue weighted by molar-refractivity contribution is 4.75. The Labute approximate surface area is 81.0 Å². The van der Waals surface area contributed by atoms with Gasteiger partial charge in [-0.1, -0.05) is 20.8 Å². The Bertz CT molecular complexity index is 123. The summed E-state index contributed by atoms with van der Waals surface area (Å²) >= 11 is 0. The summed E-state index contributed by atoms with van der Waals surface area (Å²) in [7, 11) is 0. The predicted molar refractivity (Wildman–Crippen MR) is 52.5 cm³/mol. The van der Waals surface area contributed by atoms with Crippen LogP contribution in [0.2, 0.25) is 0 Å². The highest BCUT2D eigenvalue weighted by Gasteiger charge is 2.31. The number of rotatable bonds is 5. The second-order valence-electron chi connectivity index (χ2n) is 4.09. The smallest absolute Gasteiger partial charge is 0.183 e. The van der Waals surface area contributed by atoms with Crippen molar-refractivity contribution in [2.75, 3.05) is 13.2 Å². The van der Waals surface area contributed by atoms with Gasteiger partial charge < -0.3 is 14.6 Å². The van der Waals surface area contributed by atoms with E-state index in [2.05, 4.69) is 0 Å². The van der Waals surface area contributed by atoms with Crippen LogP contribution in [0.3, 0.4) is 0 Å². The quantitative estimate of drug-likeness (QED) is 0.672. The first kappa shape index (κ1) is 12.9. The van der Waals surface area contributed by atoms with Crippen LogP contribution in [0.4, 0.5) is 0 Å². The molecule has 0 heterocycles. The van der Waals surface area contributed by atoms with Crippen LogP contribution in [0.15, 0.2) is 0 Å². The van der Waals surface area contributed by atoms with Crippen LogP contribution >= 0.6 is 0 Å². The van der Waals surface area contributed by atoms with Crippen molar-refractivity contribution in [3.8, 4) is 0 Å². The SMILES string of the molecule is CCOC(OCC)C(O)C(C)(C)C. The van der Waals surface area contributed by atoms with Crippen molar-refractivity contribution in [2.24, 2.45) is 5.41 Å². The van der Waals surface area contributed by atoms with Crippen molar-refractivity contribution >= 4 is 0 Å². The third kappa shape index (κ3) is 4.60. The Morgan fingerprint density at radius 1 is 1.08 bits per heavy atom. The van der Waals surface area contributed by atoms with Gasteiger partial charge in [-0.15, -0.1) is 0 Å². The summed E-state index contributed by atoms with van der Waals surface area (Å²) in [6.45, 7) is 10.8. The maximum absolute atomic E-state index is 9.86. The number of ether oxygens (including phenoxy) is 2. The molecule has 0 saturated heterocycles. The van der Waals surface area contributed by atoms with Gasteiger partial charge in [-0.25, -0.2) is 0 Å². The lowest BCUT2D eigenvalue weighted by atomic mass is 9.89. The van der Waals surface area contributed by atoms with E-state index in [1.54, 1.807) is 0 Å². The molecule has 0 radical (unpaired) electrons. The fraction of sp³-hybridized carbons (Fsp3) is 1.00. The molecule has 0 aliphatic rings. The average molecular weight is 190 g/mol. The van der Waals surface area contributed by atoms with Crippen molar-refractivity contribution in [1.82, 2.24) is 0 Å². The van der Waals surface area contributed by atoms with Crippen molar-refractivity contribution in [3.63, 3.8) is 0 Å². The van der Waals surface area contributed by atoms with Crippen molar-refractivity contribution < 1.29 is 14.6 Å². The topological polar surface area (TPSA) is 38.7 Å². The molecule has 80 valence electrons. The molecule has 3 heteroatoms. The molecule has 1 atom stereocenters. The lowest BCUT2D eigenvalue weighted by molar-refractivity contribution is -0.212. The van der Waals surface area contributed by atoms with Gasteiger partial charge in [0.15, 0.2) is 6.29 Å². The van der Waals surface area contributed by atoms with Crippen molar-refractivity contribution in [2.45, 2.75) is 47.0 Å². The van der Waals surface area contributed by atoms with Gasteiger partial charge in [0.2, 0.25) is 0 Å². The van der Waals surface area contributed by atoms with Crippen molar-refractivity contribution in [1.29, 1.82) is 0 Å². The van der Waals surface area contributed by atoms with E-state index >= 15 is 0 Å². The first-order valence-corrected chi connectivity index (χ1v) is 4.84. The third-order valence-corrected chi connectivity index (χ3v) is 1.81. The first-order valence-electron chi connectivity index (χ1n) is 4.84. The highest BCUT2D eigenvalue weighted by Crippen LogP contribution is 2.23. The largest absolute Gasteiger partial charge is 0.387 e. The van der Waals surface area contributed by atoms with Crippen LogP contribution < -0.4 is 0 Å². The van der Waals surface area contributed by atoms with Gasteiger partial charge in [-0.2, -0.15) is 0 Å². The van der Waals surface area contributed by atoms with E-state index in [9.17, 15) is 5.11 Å². The summed E-state index contributed by atoms with van der Waals surface area (Å²) in [5.41, 5.74) is -0.213. The molecule has 0 spiro atoms. The van der Waals surface area contributed by atoms with E-state index in [1.165, 1.54) is 0 Å². The Morgan fingerprint density at radius 3 is 1.69 bits per heavy atom. The fourth-order valence-electron chi connectivity index (χ4n) is 0.967. The molecule has 1 unspecified atom stereocenters. The minimum Gasteiger partial charge on any atom is -0.387 e. The summed E-state index contributed by atoms with van der Waals surface area (Å²) in [4.78, 5) is 0. The zero-order chi connectivity index (χ0) is 10.5. The average Bonchev–Trinajstić information content (AvgIpc) is 2.01. The second-order valence-corrected chi connectivity index (χ2v) is 4.09. The van der Waals surface area contributed by atoms with E-state index in [-0.39, 0.29) is 5.41 Å². The monoisotopic (exact) mass is 190 g/mol. The molecule has 0 aliphatic heterocycles. The molecule has 0 bridgehead atoms. The maximum atomic E-state index is 9.86. The molecule has 0 aromatic rings. The Hall–Kier alpha value is -0.120. The Morgan fingerprint density at radius 2 is 1.46 bits per heavy atom. The fourth-order valence-corrected chi connectivity index (χ4v) is 0.967. The van der Waals surface area contributed by atoms with Crippen LogP contribution in [0, 0.1) is 5.41 Å². The molecule has 0 aliphatic carbocycles. The molecule has 3 nitrogen and oxygen atoms in total. The highest BCUT2D eigenvalue weighted by atomic mass is 16.7. The molecule has 0 saturated carbocycles. The van der Waals surface area contributed by atoms with Gasteiger partial charge in [0.05, 0.1) is 0 Å². The van der Waals surface area contributed by atoms with Gasteiger partial charge in [0, 0.05) is 13.2 Å². The van der Waals surface area contributed by atoms with Crippen LogP contribution in [0.1, 0.15) is 34.6 Å².